The summed E-state index contributed by atoms with van der Waals surface area (Å²) in [6.07, 6.45) is 0. The molecule has 0 atom stereocenters. The van der Waals surface area contributed by atoms with E-state index in [2.05, 4.69) is 5.32 Å². The zero-order valence-corrected chi connectivity index (χ0v) is 14.5. The Bertz CT molecular complexity index is 807. The third-order valence-electron chi connectivity index (χ3n) is 3.53. The lowest BCUT2D eigenvalue weighted by atomic mass is 10.1. The number of ether oxygens (including phenoxy) is 2. The van der Waals surface area contributed by atoms with Crippen molar-refractivity contribution in [2.75, 3.05) is 13.2 Å². The first-order valence-electron chi connectivity index (χ1n) is 8.05. The first-order chi connectivity index (χ1) is 12.4. The Labute approximate surface area is 150 Å². The number of nitrogens with one attached hydrogen (secondary N) is 1. The second-order valence-electron chi connectivity index (χ2n) is 5.54. The van der Waals surface area contributed by atoms with E-state index in [1.165, 1.54) is 24.3 Å². The highest BCUT2D eigenvalue weighted by Crippen LogP contribution is 2.28. The van der Waals surface area contributed by atoms with Crippen molar-refractivity contribution in [1.82, 2.24) is 5.32 Å². The molecular formula is C19H20FNO5. The Morgan fingerprint density at radius 1 is 1.12 bits per heavy atom. The molecule has 2 aromatic rings. The predicted octanol–water partition coefficient (Wildman–Crippen LogP) is 2.93. The zero-order valence-electron chi connectivity index (χ0n) is 14.5. The van der Waals surface area contributed by atoms with Crippen LogP contribution < -0.4 is 14.8 Å². The van der Waals surface area contributed by atoms with Crippen LogP contribution in [0.15, 0.2) is 36.4 Å². The van der Waals surface area contributed by atoms with E-state index in [4.69, 9.17) is 14.6 Å². The molecule has 2 rings (SSSR count). The van der Waals surface area contributed by atoms with Crippen LogP contribution in [0.1, 0.15) is 28.4 Å². The molecule has 0 aliphatic carbocycles. The Morgan fingerprint density at radius 2 is 1.88 bits per heavy atom. The maximum atomic E-state index is 13.3. The Morgan fingerprint density at radius 3 is 2.54 bits per heavy atom. The monoisotopic (exact) mass is 361 g/mol. The first kappa shape index (κ1) is 19.2. The minimum atomic E-state index is -1.11. The van der Waals surface area contributed by atoms with Crippen LogP contribution in [0.5, 0.6) is 11.5 Å². The molecule has 0 saturated heterocycles. The van der Waals surface area contributed by atoms with Gasteiger partial charge in [-0.1, -0.05) is 12.1 Å². The lowest BCUT2D eigenvalue weighted by molar-refractivity contribution is -0.139. The summed E-state index contributed by atoms with van der Waals surface area (Å²) in [5, 5.41) is 11.4. The van der Waals surface area contributed by atoms with Gasteiger partial charge in [0.25, 0.3) is 5.91 Å². The predicted molar refractivity (Wildman–Crippen MR) is 93.0 cm³/mol. The smallest absolute Gasteiger partial charge is 0.341 e. The summed E-state index contributed by atoms with van der Waals surface area (Å²) in [7, 11) is 0. The number of hydrogen-bond donors (Lipinski definition) is 2. The molecule has 0 aliphatic rings. The summed E-state index contributed by atoms with van der Waals surface area (Å²) in [4.78, 5) is 23.0. The Balaban J connectivity index is 2.08. The van der Waals surface area contributed by atoms with E-state index in [0.717, 1.165) is 5.56 Å². The Hall–Kier alpha value is -3.09. The van der Waals surface area contributed by atoms with E-state index >= 15 is 0 Å². The summed E-state index contributed by atoms with van der Waals surface area (Å²) in [5.41, 5.74) is 1.63. The number of halogens is 1. The third-order valence-corrected chi connectivity index (χ3v) is 3.53. The van der Waals surface area contributed by atoms with E-state index < -0.39 is 12.6 Å². The molecule has 0 aliphatic heterocycles. The minimum Gasteiger partial charge on any atom is -0.490 e. The number of carbonyl (C=O) groups excluding carboxylic acids is 1. The molecule has 0 fully saturated rings. The van der Waals surface area contributed by atoms with E-state index in [-0.39, 0.29) is 24.0 Å². The number of carboxylic acids is 1. The van der Waals surface area contributed by atoms with E-state index in [1.54, 1.807) is 26.0 Å². The summed E-state index contributed by atoms with van der Waals surface area (Å²) in [6.45, 7) is 3.51. The van der Waals surface area contributed by atoms with Gasteiger partial charge < -0.3 is 19.9 Å². The number of aliphatic carboxylic acids is 1. The molecule has 6 nitrogen and oxygen atoms in total. The van der Waals surface area contributed by atoms with Gasteiger partial charge in [-0.05, 0) is 49.2 Å². The van der Waals surface area contributed by atoms with Crippen molar-refractivity contribution >= 4 is 11.9 Å². The van der Waals surface area contributed by atoms with Crippen LogP contribution in [-0.4, -0.2) is 30.2 Å². The molecule has 0 spiro atoms. The molecule has 0 saturated carbocycles. The number of aryl methyl sites for hydroxylation is 1. The number of benzene rings is 2. The second kappa shape index (κ2) is 8.84. The van der Waals surface area contributed by atoms with Gasteiger partial charge in [0.1, 0.15) is 5.82 Å². The van der Waals surface area contributed by atoms with Gasteiger partial charge in [0, 0.05) is 12.1 Å². The molecule has 138 valence electrons. The van der Waals surface area contributed by atoms with Crippen molar-refractivity contribution < 1.29 is 28.6 Å². The standard InChI is InChI=1S/C19H20FNO5/c1-3-25-17-9-14(5-7-16(17)26-11-18(22)23)19(24)21-10-13-4-6-15(20)12(2)8-13/h4-9H,3,10-11H2,1-2H3,(H,21,24)(H,22,23). The highest BCUT2D eigenvalue weighted by molar-refractivity contribution is 5.94. The van der Waals surface area contributed by atoms with Crippen LogP contribution in [0.2, 0.25) is 0 Å². The molecule has 0 radical (unpaired) electrons. The molecule has 2 N–H and O–H groups in total. The maximum Gasteiger partial charge on any atom is 0.341 e. The molecule has 0 aromatic heterocycles. The molecule has 0 bridgehead atoms. The summed E-state index contributed by atoms with van der Waals surface area (Å²) in [5.74, 6) is -1.20. The van der Waals surface area contributed by atoms with Crippen LogP contribution in [0.25, 0.3) is 0 Å². The first-order valence-corrected chi connectivity index (χ1v) is 8.05. The van der Waals surface area contributed by atoms with Crippen LogP contribution in [0.4, 0.5) is 4.39 Å². The van der Waals surface area contributed by atoms with Gasteiger partial charge >= 0.3 is 5.97 Å². The van der Waals surface area contributed by atoms with Crippen LogP contribution in [0.3, 0.4) is 0 Å². The molecule has 26 heavy (non-hydrogen) atoms. The average Bonchev–Trinajstić information content (AvgIpc) is 2.61. The van der Waals surface area contributed by atoms with E-state index in [1.807, 2.05) is 0 Å². The minimum absolute atomic E-state index is 0.250. The van der Waals surface area contributed by atoms with Crippen molar-refractivity contribution in [2.24, 2.45) is 0 Å². The fourth-order valence-corrected chi connectivity index (χ4v) is 2.28. The largest absolute Gasteiger partial charge is 0.490 e. The van der Waals surface area contributed by atoms with Gasteiger partial charge in [0.2, 0.25) is 0 Å². The number of amides is 1. The van der Waals surface area contributed by atoms with Gasteiger partial charge in [0.05, 0.1) is 6.61 Å². The van der Waals surface area contributed by atoms with Crippen LogP contribution in [-0.2, 0) is 11.3 Å². The van der Waals surface area contributed by atoms with Crippen molar-refractivity contribution in [1.29, 1.82) is 0 Å². The van der Waals surface area contributed by atoms with E-state index in [0.29, 0.717) is 23.5 Å². The fourth-order valence-electron chi connectivity index (χ4n) is 2.28. The second-order valence-corrected chi connectivity index (χ2v) is 5.54. The van der Waals surface area contributed by atoms with Crippen molar-refractivity contribution in [3.05, 3.63) is 58.9 Å². The summed E-state index contributed by atoms with van der Waals surface area (Å²) < 4.78 is 23.8. The highest BCUT2D eigenvalue weighted by Gasteiger charge is 2.13. The van der Waals surface area contributed by atoms with Gasteiger partial charge in [-0.25, -0.2) is 9.18 Å². The fraction of sp³-hybridized carbons (Fsp3) is 0.263. The van der Waals surface area contributed by atoms with Crippen LogP contribution >= 0.6 is 0 Å². The topological polar surface area (TPSA) is 84.9 Å². The molecule has 2 aromatic carbocycles. The maximum absolute atomic E-state index is 13.3. The van der Waals surface area contributed by atoms with Gasteiger partial charge in [-0.15, -0.1) is 0 Å². The average molecular weight is 361 g/mol. The lowest BCUT2D eigenvalue weighted by Crippen LogP contribution is -2.23. The summed E-state index contributed by atoms with van der Waals surface area (Å²) >= 11 is 0. The zero-order chi connectivity index (χ0) is 19.1. The number of carboxylic acid groups (broad SMARTS) is 1. The SMILES string of the molecule is CCOc1cc(C(=O)NCc2ccc(F)c(C)c2)ccc1OCC(=O)O. The Kier molecular flexibility index (Phi) is 6.54. The van der Waals surface area contributed by atoms with E-state index in [9.17, 15) is 14.0 Å². The van der Waals surface area contributed by atoms with Crippen LogP contribution in [0, 0.1) is 12.7 Å². The lowest BCUT2D eigenvalue weighted by Gasteiger charge is -2.12. The molecule has 0 heterocycles. The van der Waals surface area contributed by atoms with Gasteiger partial charge in [0.15, 0.2) is 18.1 Å². The molecular weight excluding hydrogens is 341 g/mol. The van der Waals surface area contributed by atoms with Crippen molar-refractivity contribution in [2.45, 2.75) is 20.4 Å². The number of rotatable bonds is 8. The van der Waals surface area contributed by atoms with Crippen molar-refractivity contribution in [3.8, 4) is 11.5 Å². The molecule has 1 amide bonds. The number of carbonyl (C=O) groups is 2. The summed E-state index contributed by atoms with van der Waals surface area (Å²) in [6, 6.07) is 9.14. The van der Waals surface area contributed by atoms with Crippen molar-refractivity contribution in [3.63, 3.8) is 0 Å². The number of hydrogen-bond acceptors (Lipinski definition) is 4. The quantitative estimate of drug-likeness (QED) is 0.755. The highest BCUT2D eigenvalue weighted by atomic mass is 19.1. The molecule has 7 heteroatoms. The third kappa shape index (κ3) is 5.20. The van der Waals surface area contributed by atoms with Gasteiger partial charge in [-0.3, -0.25) is 4.79 Å². The van der Waals surface area contributed by atoms with Gasteiger partial charge in [-0.2, -0.15) is 0 Å². The normalized spacial score (nSPS) is 10.3. The molecule has 0 unspecified atom stereocenters.